The van der Waals surface area contributed by atoms with Crippen LogP contribution in [-0.2, 0) is 5.41 Å². The molecule has 0 aromatic heterocycles. The van der Waals surface area contributed by atoms with Gasteiger partial charge in [0.05, 0.1) is 0 Å². The highest BCUT2D eigenvalue weighted by Gasteiger charge is 2.13. The first-order valence-electron chi connectivity index (χ1n) is 7.62. The standard InChI is InChI=1S/C17H28N2/c1-17(2,3)15-7-9-16(10-8-15)18-11-6-14-19-12-4-5-13-19/h7-10,18H,4-6,11-14H2,1-3H3. The molecule has 0 amide bonds. The number of hydrogen-bond acceptors (Lipinski definition) is 2. The van der Waals surface area contributed by atoms with E-state index in [2.05, 4.69) is 55.3 Å². The molecule has 0 atom stereocenters. The van der Waals surface area contributed by atoms with E-state index in [1.165, 1.54) is 50.1 Å². The summed E-state index contributed by atoms with van der Waals surface area (Å²) < 4.78 is 0. The molecule has 0 saturated carbocycles. The zero-order valence-electron chi connectivity index (χ0n) is 12.7. The Morgan fingerprint density at radius 3 is 2.26 bits per heavy atom. The first kappa shape index (κ1) is 14.4. The van der Waals surface area contributed by atoms with Gasteiger partial charge in [0, 0.05) is 12.2 Å². The topological polar surface area (TPSA) is 15.3 Å². The molecule has 1 aliphatic heterocycles. The molecule has 106 valence electrons. The molecular formula is C17H28N2. The van der Waals surface area contributed by atoms with Gasteiger partial charge in [0.15, 0.2) is 0 Å². The molecule has 1 aliphatic rings. The van der Waals surface area contributed by atoms with Crippen molar-refractivity contribution in [2.75, 3.05) is 31.5 Å². The predicted molar refractivity (Wildman–Crippen MR) is 83.9 cm³/mol. The quantitative estimate of drug-likeness (QED) is 0.808. The molecule has 0 bridgehead atoms. The fourth-order valence-electron chi connectivity index (χ4n) is 2.63. The van der Waals surface area contributed by atoms with Crippen molar-refractivity contribution in [1.29, 1.82) is 0 Å². The van der Waals surface area contributed by atoms with Gasteiger partial charge < -0.3 is 10.2 Å². The van der Waals surface area contributed by atoms with Crippen LogP contribution in [0.5, 0.6) is 0 Å². The maximum absolute atomic E-state index is 3.52. The monoisotopic (exact) mass is 260 g/mol. The normalized spacial score (nSPS) is 16.8. The van der Waals surface area contributed by atoms with Crippen LogP contribution in [-0.4, -0.2) is 31.1 Å². The van der Waals surface area contributed by atoms with Crippen LogP contribution < -0.4 is 5.32 Å². The summed E-state index contributed by atoms with van der Waals surface area (Å²) in [6.45, 7) is 11.7. The van der Waals surface area contributed by atoms with Crippen LogP contribution in [0.25, 0.3) is 0 Å². The van der Waals surface area contributed by atoms with E-state index in [1.807, 2.05) is 0 Å². The van der Waals surface area contributed by atoms with Crippen molar-refractivity contribution in [3.8, 4) is 0 Å². The Kier molecular flexibility index (Phi) is 4.87. The zero-order chi connectivity index (χ0) is 13.7. The van der Waals surface area contributed by atoms with E-state index in [1.54, 1.807) is 0 Å². The molecule has 1 heterocycles. The van der Waals surface area contributed by atoms with Gasteiger partial charge in [-0.25, -0.2) is 0 Å². The summed E-state index contributed by atoms with van der Waals surface area (Å²) in [5.74, 6) is 0. The molecule has 1 N–H and O–H groups in total. The highest BCUT2D eigenvalue weighted by molar-refractivity contribution is 5.45. The maximum atomic E-state index is 3.52. The van der Waals surface area contributed by atoms with E-state index in [-0.39, 0.29) is 5.41 Å². The lowest BCUT2D eigenvalue weighted by Crippen LogP contribution is -2.22. The molecule has 0 aliphatic carbocycles. The minimum atomic E-state index is 0.244. The lowest BCUT2D eigenvalue weighted by molar-refractivity contribution is 0.337. The lowest BCUT2D eigenvalue weighted by atomic mass is 9.87. The summed E-state index contributed by atoms with van der Waals surface area (Å²) in [6, 6.07) is 8.89. The number of likely N-dealkylation sites (tertiary alicyclic amines) is 1. The Morgan fingerprint density at radius 2 is 1.68 bits per heavy atom. The first-order valence-corrected chi connectivity index (χ1v) is 7.62. The third-order valence-corrected chi connectivity index (χ3v) is 3.93. The van der Waals surface area contributed by atoms with E-state index in [4.69, 9.17) is 0 Å². The summed E-state index contributed by atoms with van der Waals surface area (Å²) >= 11 is 0. The molecule has 1 aromatic rings. The van der Waals surface area contributed by atoms with Gasteiger partial charge in [-0.05, 0) is 62.0 Å². The van der Waals surface area contributed by atoms with E-state index >= 15 is 0 Å². The van der Waals surface area contributed by atoms with Crippen molar-refractivity contribution in [1.82, 2.24) is 4.90 Å². The van der Waals surface area contributed by atoms with Gasteiger partial charge in [-0.1, -0.05) is 32.9 Å². The van der Waals surface area contributed by atoms with Crippen LogP contribution in [0.4, 0.5) is 5.69 Å². The average Bonchev–Trinajstić information content (AvgIpc) is 2.87. The molecule has 2 heteroatoms. The Morgan fingerprint density at radius 1 is 1.05 bits per heavy atom. The summed E-state index contributed by atoms with van der Waals surface area (Å²) in [5.41, 5.74) is 2.89. The van der Waals surface area contributed by atoms with Crippen molar-refractivity contribution in [3.63, 3.8) is 0 Å². The van der Waals surface area contributed by atoms with E-state index < -0.39 is 0 Å². The Hall–Kier alpha value is -1.02. The van der Waals surface area contributed by atoms with Crippen molar-refractivity contribution >= 4 is 5.69 Å². The van der Waals surface area contributed by atoms with Gasteiger partial charge in [0.1, 0.15) is 0 Å². The largest absolute Gasteiger partial charge is 0.385 e. The number of rotatable bonds is 5. The highest BCUT2D eigenvalue weighted by atomic mass is 15.1. The Bertz CT molecular complexity index is 369. The Balaban J connectivity index is 1.71. The number of nitrogens with zero attached hydrogens (tertiary/aromatic N) is 1. The SMILES string of the molecule is CC(C)(C)c1ccc(NCCCN2CCCC2)cc1. The van der Waals surface area contributed by atoms with Crippen molar-refractivity contribution in [2.45, 2.75) is 45.4 Å². The molecular weight excluding hydrogens is 232 g/mol. The second-order valence-corrected chi connectivity index (χ2v) is 6.66. The van der Waals surface area contributed by atoms with Crippen LogP contribution in [0.2, 0.25) is 0 Å². The third-order valence-electron chi connectivity index (χ3n) is 3.93. The van der Waals surface area contributed by atoms with Crippen LogP contribution >= 0.6 is 0 Å². The fraction of sp³-hybridized carbons (Fsp3) is 0.647. The summed E-state index contributed by atoms with van der Waals surface area (Å²) in [5, 5.41) is 3.52. The number of anilines is 1. The van der Waals surface area contributed by atoms with E-state index in [0.29, 0.717) is 0 Å². The van der Waals surface area contributed by atoms with Crippen LogP contribution in [0.1, 0.15) is 45.6 Å². The van der Waals surface area contributed by atoms with E-state index in [0.717, 1.165) is 6.54 Å². The molecule has 1 saturated heterocycles. The minimum absolute atomic E-state index is 0.244. The van der Waals surface area contributed by atoms with Gasteiger partial charge in [-0.15, -0.1) is 0 Å². The molecule has 1 aromatic carbocycles. The van der Waals surface area contributed by atoms with Crippen molar-refractivity contribution < 1.29 is 0 Å². The highest BCUT2D eigenvalue weighted by Crippen LogP contribution is 2.23. The minimum Gasteiger partial charge on any atom is -0.385 e. The van der Waals surface area contributed by atoms with Crippen molar-refractivity contribution in [3.05, 3.63) is 29.8 Å². The van der Waals surface area contributed by atoms with Gasteiger partial charge in [-0.3, -0.25) is 0 Å². The van der Waals surface area contributed by atoms with Gasteiger partial charge in [0.25, 0.3) is 0 Å². The predicted octanol–water partition coefficient (Wildman–Crippen LogP) is 3.88. The van der Waals surface area contributed by atoms with E-state index in [9.17, 15) is 0 Å². The third kappa shape index (κ3) is 4.54. The Labute approximate surface area is 118 Å². The average molecular weight is 260 g/mol. The zero-order valence-corrected chi connectivity index (χ0v) is 12.7. The van der Waals surface area contributed by atoms with Crippen LogP contribution in [0.15, 0.2) is 24.3 Å². The molecule has 0 spiro atoms. The fourth-order valence-corrected chi connectivity index (χ4v) is 2.63. The molecule has 2 nitrogen and oxygen atoms in total. The molecule has 0 unspecified atom stereocenters. The maximum Gasteiger partial charge on any atom is 0.0340 e. The summed E-state index contributed by atoms with van der Waals surface area (Å²) in [7, 11) is 0. The summed E-state index contributed by atoms with van der Waals surface area (Å²) in [4.78, 5) is 2.57. The summed E-state index contributed by atoms with van der Waals surface area (Å²) in [6.07, 6.45) is 4.02. The molecule has 0 radical (unpaired) electrons. The molecule has 1 fully saturated rings. The first-order chi connectivity index (χ1) is 9.05. The van der Waals surface area contributed by atoms with Gasteiger partial charge in [0.2, 0.25) is 0 Å². The van der Waals surface area contributed by atoms with Gasteiger partial charge >= 0.3 is 0 Å². The number of benzene rings is 1. The lowest BCUT2D eigenvalue weighted by Gasteiger charge is -2.19. The second kappa shape index (κ2) is 6.42. The van der Waals surface area contributed by atoms with Gasteiger partial charge in [-0.2, -0.15) is 0 Å². The molecule has 19 heavy (non-hydrogen) atoms. The van der Waals surface area contributed by atoms with Crippen molar-refractivity contribution in [2.24, 2.45) is 0 Å². The van der Waals surface area contributed by atoms with Crippen LogP contribution in [0, 0.1) is 0 Å². The number of hydrogen-bond donors (Lipinski definition) is 1. The van der Waals surface area contributed by atoms with Crippen LogP contribution in [0.3, 0.4) is 0 Å². The second-order valence-electron chi connectivity index (χ2n) is 6.66. The number of nitrogens with one attached hydrogen (secondary N) is 1. The molecule has 2 rings (SSSR count). The smallest absolute Gasteiger partial charge is 0.0340 e.